The van der Waals surface area contributed by atoms with E-state index in [1.807, 2.05) is 60.7 Å². The van der Waals surface area contributed by atoms with E-state index in [4.69, 9.17) is 4.76 Å². The molecule has 1 aliphatic carbocycles. The minimum atomic E-state index is -3.00. The zero-order chi connectivity index (χ0) is 17.0. The average Bonchev–Trinajstić information content (AvgIpc) is 2.63. The first-order valence-corrected chi connectivity index (χ1v) is 10.2. The van der Waals surface area contributed by atoms with Gasteiger partial charge < -0.3 is 0 Å². The SMILES string of the molecule is CC(C)C1C=C/C(=N\P(=O)(c2ccccc2)c2ccccc2)CC1. The summed E-state index contributed by atoms with van der Waals surface area (Å²) in [6.07, 6.45) is 6.28. The lowest BCUT2D eigenvalue weighted by Crippen LogP contribution is -2.17. The van der Waals surface area contributed by atoms with Crippen LogP contribution in [0.15, 0.2) is 77.6 Å². The molecule has 0 amide bonds. The third-order valence-corrected chi connectivity index (χ3v) is 7.14. The number of rotatable bonds is 4. The van der Waals surface area contributed by atoms with Crippen molar-refractivity contribution in [2.75, 3.05) is 0 Å². The summed E-state index contributed by atoms with van der Waals surface area (Å²) in [4.78, 5) is 0. The first kappa shape index (κ1) is 16.9. The Morgan fingerprint density at radius 2 is 1.50 bits per heavy atom. The second kappa shape index (κ2) is 7.32. The molecule has 1 aliphatic rings. The van der Waals surface area contributed by atoms with Gasteiger partial charge in [0.05, 0.1) is 0 Å². The Bertz CT molecular complexity index is 735. The van der Waals surface area contributed by atoms with Gasteiger partial charge in [0.1, 0.15) is 0 Å². The van der Waals surface area contributed by atoms with Gasteiger partial charge >= 0.3 is 0 Å². The predicted octanol–water partition coefficient (Wildman–Crippen LogP) is 4.98. The maximum atomic E-state index is 13.9. The molecule has 0 heterocycles. The molecule has 0 N–H and O–H groups in total. The highest BCUT2D eigenvalue weighted by molar-refractivity contribution is 7.77. The van der Waals surface area contributed by atoms with Crippen LogP contribution in [0.25, 0.3) is 0 Å². The van der Waals surface area contributed by atoms with Crippen molar-refractivity contribution < 1.29 is 4.57 Å². The van der Waals surface area contributed by atoms with Gasteiger partial charge in [-0.15, -0.1) is 0 Å². The number of benzene rings is 2. The molecule has 0 aromatic heterocycles. The molecular weight excluding hydrogens is 313 g/mol. The number of hydrogen-bond acceptors (Lipinski definition) is 1. The van der Waals surface area contributed by atoms with E-state index in [-0.39, 0.29) is 0 Å². The molecule has 2 aromatic rings. The lowest BCUT2D eigenvalue weighted by molar-refractivity contribution is 0.439. The van der Waals surface area contributed by atoms with Gasteiger partial charge in [0.2, 0.25) is 7.29 Å². The van der Waals surface area contributed by atoms with E-state index >= 15 is 0 Å². The molecule has 1 atom stereocenters. The normalized spacial score (nSPS) is 19.8. The molecule has 3 rings (SSSR count). The summed E-state index contributed by atoms with van der Waals surface area (Å²) in [5.74, 6) is 1.23. The Morgan fingerprint density at radius 1 is 0.958 bits per heavy atom. The van der Waals surface area contributed by atoms with Gasteiger partial charge in [-0.3, -0.25) is 4.57 Å². The molecule has 0 aliphatic heterocycles. The Morgan fingerprint density at radius 3 is 1.92 bits per heavy atom. The van der Waals surface area contributed by atoms with Crippen molar-refractivity contribution in [2.24, 2.45) is 16.6 Å². The fraction of sp³-hybridized carbons (Fsp3) is 0.286. The summed E-state index contributed by atoms with van der Waals surface area (Å²) in [7, 11) is -3.00. The lowest BCUT2D eigenvalue weighted by Gasteiger charge is -2.22. The molecule has 124 valence electrons. The smallest absolute Gasteiger partial charge is 0.247 e. The van der Waals surface area contributed by atoms with E-state index in [9.17, 15) is 4.57 Å². The van der Waals surface area contributed by atoms with Gasteiger partial charge in [-0.25, -0.2) is 4.76 Å². The lowest BCUT2D eigenvalue weighted by atomic mass is 9.86. The maximum Gasteiger partial charge on any atom is 0.247 e. The van der Waals surface area contributed by atoms with Crippen LogP contribution in [0.1, 0.15) is 26.7 Å². The zero-order valence-corrected chi connectivity index (χ0v) is 15.2. The van der Waals surface area contributed by atoms with E-state index in [1.165, 1.54) is 0 Å². The molecule has 0 saturated heterocycles. The minimum absolute atomic E-state index is 0.594. The Hall–Kier alpha value is -1.92. The fourth-order valence-electron chi connectivity index (χ4n) is 3.07. The summed E-state index contributed by atoms with van der Waals surface area (Å²) in [5, 5.41) is 1.59. The Labute approximate surface area is 144 Å². The molecule has 0 spiro atoms. The highest BCUT2D eigenvalue weighted by Gasteiger charge is 2.27. The van der Waals surface area contributed by atoms with Gasteiger partial charge in [-0.1, -0.05) is 56.3 Å². The van der Waals surface area contributed by atoms with E-state index in [0.29, 0.717) is 11.8 Å². The number of allylic oxidation sites excluding steroid dienone is 2. The van der Waals surface area contributed by atoms with Crippen molar-refractivity contribution in [1.82, 2.24) is 0 Å². The molecule has 1 unspecified atom stereocenters. The average molecular weight is 337 g/mol. The Balaban J connectivity index is 2.03. The third kappa shape index (κ3) is 3.60. The molecule has 0 fully saturated rings. The molecule has 0 saturated carbocycles. The molecule has 3 heteroatoms. The van der Waals surface area contributed by atoms with Crippen LogP contribution in [-0.4, -0.2) is 5.71 Å². The van der Waals surface area contributed by atoms with Crippen molar-refractivity contribution in [3.63, 3.8) is 0 Å². The van der Waals surface area contributed by atoms with Crippen LogP contribution in [0.5, 0.6) is 0 Å². The minimum Gasteiger partial charge on any atom is -0.288 e. The van der Waals surface area contributed by atoms with Gasteiger partial charge in [0.15, 0.2) is 0 Å². The van der Waals surface area contributed by atoms with Gasteiger partial charge in [-0.05, 0) is 55.0 Å². The van der Waals surface area contributed by atoms with Gasteiger partial charge in [0.25, 0.3) is 0 Å². The second-order valence-electron chi connectivity index (χ2n) is 6.64. The highest BCUT2D eigenvalue weighted by atomic mass is 31.2. The summed E-state index contributed by atoms with van der Waals surface area (Å²) < 4.78 is 18.7. The van der Waals surface area contributed by atoms with Crippen molar-refractivity contribution >= 4 is 23.6 Å². The van der Waals surface area contributed by atoms with Gasteiger partial charge in [0, 0.05) is 16.3 Å². The summed E-state index contributed by atoms with van der Waals surface area (Å²) >= 11 is 0. The molecule has 24 heavy (non-hydrogen) atoms. The second-order valence-corrected chi connectivity index (χ2v) is 9.03. The van der Waals surface area contributed by atoms with Crippen molar-refractivity contribution in [3.05, 3.63) is 72.8 Å². The summed E-state index contributed by atoms with van der Waals surface area (Å²) in [5.41, 5.74) is 0.947. The van der Waals surface area contributed by atoms with Crippen molar-refractivity contribution in [2.45, 2.75) is 26.7 Å². The largest absolute Gasteiger partial charge is 0.288 e. The van der Waals surface area contributed by atoms with E-state index < -0.39 is 7.29 Å². The third-order valence-electron chi connectivity index (χ3n) is 4.61. The van der Waals surface area contributed by atoms with Crippen LogP contribution in [0.4, 0.5) is 0 Å². The van der Waals surface area contributed by atoms with Crippen LogP contribution in [0, 0.1) is 11.8 Å². The Kier molecular flexibility index (Phi) is 5.16. The van der Waals surface area contributed by atoms with Crippen LogP contribution in [0.3, 0.4) is 0 Å². The standard InChI is InChI=1S/C21H24NOP/c1-17(2)18-13-15-19(16-14-18)22-24(23,20-9-5-3-6-10-20)21-11-7-4-8-12-21/h3-13,15,17-18H,14,16H2,1-2H3/b22-19+. The molecular formula is C21H24NOP. The van der Waals surface area contributed by atoms with E-state index in [0.717, 1.165) is 29.2 Å². The van der Waals surface area contributed by atoms with Crippen LogP contribution in [0.2, 0.25) is 0 Å². The number of nitrogens with zero attached hydrogens (tertiary/aromatic N) is 1. The molecule has 0 bridgehead atoms. The summed E-state index contributed by atoms with van der Waals surface area (Å²) in [6.45, 7) is 4.49. The molecule has 2 aromatic carbocycles. The van der Waals surface area contributed by atoms with Crippen LogP contribution >= 0.6 is 7.29 Å². The molecule has 2 nitrogen and oxygen atoms in total. The van der Waals surface area contributed by atoms with E-state index in [2.05, 4.69) is 26.0 Å². The zero-order valence-electron chi connectivity index (χ0n) is 14.3. The monoisotopic (exact) mass is 337 g/mol. The van der Waals surface area contributed by atoms with Crippen molar-refractivity contribution in [3.8, 4) is 0 Å². The summed E-state index contributed by atoms with van der Waals surface area (Å²) in [6, 6.07) is 19.3. The fourth-order valence-corrected chi connectivity index (χ4v) is 5.28. The number of hydrogen-bond donors (Lipinski definition) is 0. The first-order valence-electron chi connectivity index (χ1n) is 8.58. The van der Waals surface area contributed by atoms with Crippen LogP contribution in [-0.2, 0) is 4.57 Å². The predicted molar refractivity (Wildman–Crippen MR) is 104 cm³/mol. The van der Waals surface area contributed by atoms with Crippen molar-refractivity contribution in [1.29, 1.82) is 0 Å². The maximum absolute atomic E-state index is 13.9. The highest BCUT2D eigenvalue weighted by Crippen LogP contribution is 2.46. The van der Waals surface area contributed by atoms with Gasteiger partial charge in [-0.2, -0.15) is 0 Å². The molecule has 0 radical (unpaired) electrons. The van der Waals surface area contributed by atoms with Crippen LogP contribution < -0.4 is 10.6 Å². The quantitative estimate of drug-likeness (QED) is 0.724. The topological polar surface area (TPSA) is 29.4 Å². The van der Waals surface area contributed by atoms with E-state index in [1.54, 1.807) is 0 Å². The first-order chi connectivity index (χ1) is 11.6.